The highest BCUT2D eigenvalue weighted by molar-refractivity contribution is 9.09. The maximum Gasteiger partial charge on any atom is 0.302 e. The Hall–Kier alpha value is -1.36. The van der Waals surface area contributed by atoms with Crippen LogP contribution in [-0.2, 0) is 20.9 Å². The summed E-state index contributed by atoms with van der Waals surface area (Å²) < 4.78 is 5.37. The molecule has 0 N–H and O–H groups in total. The Kier molecular flexibility index (Phi) is 3.54. The number of fused-ring (bicyclic) bond motifs is 2. The predicted octanol–water partition coefficient (Wildman–Crippen LogP) is 2.11. The van der Waals surface area contributed by atoms with Crippen LogP contribution in [0.5, 0.6) is 0 Å². The van der Waals surface area contributed by atoms with E-state index in [1.165, 1.54) is 6.92 Å². The molecule has 1 aromatic rings. The lowest BCUT2D eigenvalue weighted by molar-refractivity contribution is -0.155. The minimum atomic E-state index is -0.283. The van der Waals surface area contributed by atoms with Gasteiger partial charge in [-0.05, 0) is 12.0 Å². The van der Waals surface area contributed by atoms with Crippen molar-refractivity contribution in [3.8, 4) is 0 Å². The normalized spacial score (nSPS) is 31.7. The zero-order valence-electron chi connectivity index (χ0n) is 11.2. The zero-order chi connectivity index (χ0) is 14.3. The molecule has 2 aliphatic rings. The van der Waals surface area contributed by atoms with Crippen molar-refractivity contribution in [2.24, 2.45) is 5.92 Å². The molecule has 1 aromatic carbocycles. The second-order valence-electron chi connectivity index (χ2n) is 5.38. The number of hydrogen-bond acceptors (Lipinski definition) is 3. The molecule has 0 aromatic heterocycles. The number of benzene rings is 1. The third kappa shape index (κ3) is 2.24. The molecule has 1 aliphatic heterocycles. The largest absolute Gasteiger partial charge is 0.460 e. The zero-order valence-corrected chi connectivity index (χ0v) is 12.7. The third-order valence-corrected chi connectivity index (χ3v) is 5.23. The molecule has 0 unspecified atom stereocenters. The molecule has 106 valence electrons. The molecule has 4 atom stereocenters. The van der Waals surface area contributed by atoms with Gasteiger partial charge in [0.05, 0.1) is 16.8 Å². The summed E-state index contributed by atoms with van der Waals surface area (Å²) in [7, 11) is 0. The number of nitrogens with zero attached hydrogens (tertiary/aromatic N) is 1. The highest BCUT2D eigenvalue weighted by Crippen LogP contribution is 2.45. The molecule has 2 fully saturated rings. The van der Waals surface area contributed by atoms with Crippen LogP contribution in [0.25, 0.3) is 0 Å². The van der Waals surface area contributed by atoms with Gasteiger partial charge in [-0.3, -0.25) is 9.59 Å². The van der Waals surface area contributed by atoms with Crippen molar-refractivity contribution in [3.63, 3.8) is 0 Å². The monoisotopic (exact) mass is 337 g/mol. The summed E-state index contributed by atoms with van der Waals surface area (Å²) in [6.07, 6.45) is 0.438. The first kappa shape index (κ1) is 13.6. The first-order valence-corrected chi connectivity index (χ1v) is 7.65. The molecule has 0 radical (unpaired) electrons. The molecule has 5 heteroatoms. The van der Waals surface area contributed by atoms with Crippen LogP contribution in [0.4, 0.5) is 0 Å². The summed E-state index contributed by atoms with van der Waals surface area (Å²) in [5, 5.41) is 0. The van der Waals surface area contributed by atoms with E-state index >= 15 is 0 Å². The fourth-order valence-corrected chi connectivity index (χ4v) is 4.29. The third-order valence-electron chi connectivity index (χ3n) is 4.05. The molecule has 1 saturated carbocycles. The van der Waals surface area contributed by atoms with Crippen molar-refractivity contribution >= 4 is 27.8 Å². The lowest BCUT2D eigenvalue weighted by Crippen LogP contribution is -2.46. The number of halogens is 1. The molecule has 2 bridgehead atoms. The van der Waals surface area contributed by atoms with E-state index < -0.39 is 0 Å². The Balaban J connectivity index is 1.80. The van der Waals surface area contributed by atoms with Gasteiger partial charge in [-0.25, -0.2) is 0 Å². The number of alkyl halides is 1. The van der Waals surface area contributed by atoms with Crippen molar-refractivity contribution in [2.75, 3.05) is 0 Å². The fourth-order valence-electron chi connectivity index (χ4n) is 3.23. The average Bonchev–Trinajstić information content (AvgIpc) is 2.82. The molecule has 0 spiro atoms. The van der Waals surface area contributed by atoms with Gasteiger partial charge in [-0.15, -0.1) is 0 Å². The van der Waals surface area contributed by atoms with Gasteiger partial charge in [-0.1, -0.05) is 46.3 Å². The van der Waals surface area contributed by atoms with Crippen LogP contribution in [0.15, 0.2) is 30.3 Å². The second-order valence-corrected chi connectivity index (χ2v) is 6.43. The van der Waals surface area contributed by atoms with Crippen LogP contribution in [0, 0.1) is 5.92 Å². The van der Waals surface area contributed by atoms with Crippen molar-refractivity contribution in [1.82, 2.24) is 4.90 Å². The van der Waals surface area contributed by atoms with Crippen LogP contribution in [-0.4, -0.2) is 33.7 Å². The molecule has 3 rings (SSSR count). The van der Waals surface area contributed by atoms with Gasteiger partial charge in [-0.2, -0.15) is 0 Å². The van der Waals surface area contributed by atoms with E-state index in [2.05, 4.69) is 15.9 Å². The Bertz CT molecular complexity index is 533. The van der Waals surface area contributed by atoms with Crippen LogP contribution in [0.2, 0.25) is 0 Å². The topological polar surface area (TPSA) is 46.6 Å². The Morgan fingerprint density at radius 3 is 2.70 bits per heavy atom. The molecule has 1 aliphatic carbocycles. The van der Waals surface area contributed by atoms with Crippen LogP contribution in [0.1, 0.15) is 18.9 Å². The van der Waals surface area contributed by atoms with E-state index in [1.807, 2.05) is 35.2 Å². The first-order chi connectivity index (χ1) is 9.58. The molecule has 1 heterocycles. The van der Waals surface area contributed by atoms with Gasteiger partial charge in [0.1, 0.15) is 6.10 Å². The maximum absolute atomic E-state index is 12.4. The smallest absolute Gasteiger partial charge is 0.302 e. The Morgan fingerprint density at radius 2 is 2.10 bits per heavy atom. The van der Waals surface area contributed by atoms with Crippen molar-refractivity contribution in [2.45, 2.75) is 36.9 Å². The summed E-state index contributed by atoms with van der Waals surface area (Å²) in [6.45, 7) is 1.99. The quantitative estimate of drug-likeness (QED) is 0.626. The fraction of sp³-hybridized carbons (Fsp3) is 0.467. The second kappa shape index (κ2) is 5.20. The van der Waals surface area contributed by atoms with E-state index in [-0.39, 0.29) is 34.8 Å². The summed E-state index contributed by atoms with van der Waals surface area (Å²) in [5.74, 6) is -0.202. The number of rotatable bonds is 3. The highest BCUT2D eigenvalue weighted by Gasteiger charge is 2.58. The average molecular weight is 338 g/mol. The summed E-state index contributed by atoms with van der Waals surface area (Å²) in [4.78, 5) is 25.5. The minimum Gasteiger partial charge on any atom is -0.460 e. The van der Waals surface area contributed by atoms with Gasteiger partial charge in [0.2, 0.25) is 5.91 Å². The van der Waals surface area contributed by atoms with Crippen LogP contribution in [0.3, 0.4) is 0 Å². The summed E-state index contributed by atoms with van der Waals surface area (Å²) >= 11 is 3.60. The number of likely N-dealkylation sites (tertiary alicyclic amines) is 1. The molecular formula is C15H16BrNO3. The minimum absolute atomic E-state index is 0.0587. The van der Waals surface area contributed by atoms with E-state index in [0.717, 1.165) is 5.56 Å². The standard InChI is InChI=1S/C15H16BrNO3/c1-9(18)20-12-7-11-13(16)14(12)17(15(11)19)8-10-5-3-2-4-6-10/h2-6,11-14H,7-8H2,1H3/t11-,12-,13-,14+/m0/s1. The van der Waals surface area contributed by atoms with Gasteiger partial charge in [0, 0.05) is 13.5 Å². The van der Waals surface area contributed by atoms with Crippen molar-refractivity contribution < 1.29 is 14.3 Å². The molecule has 20 heavy (non-hydrogen) atoms. The van der Waals surface area contributed by atoms with Gasteiger partial charge in [0.15, 0.2) is 0 Å². The highest BCUT2D eigenvalue weighted by atomic mass is 79.9. The van der Waals surface area contributed by atoms with E-state index in [1.54, 1.807) is 0 Å². The lowest BCUT2D eigenvalue weighted by Gasteiger charge is -2.32. The van der Waals surface area contributed by atoms with E-state index in [0.29, 0.717) is 13.0 Å². The molecule has 1 saturated heterocycles. The number of esters is 1. The number of hydrogen-bond donors (Lipinski definition) is 0. The van der Waals surface area contributed by atoms with Crippen LogP contribution < -0.4 is 0 Å². The summed E-state index contributed by atoms with van der Waals surface area (Å²) in [5.41, 5.74) is 1.09. The number of ether oxygens (including phenoxy) is 1. The molecule has 1 amide bonds. The summed E-state index contributed by atoms with van der Waals surface area (Å²) in [6, 6.07) is 9.83. The SMILES string of the molecule is CC(=O)O[C@H]1C[C@@H]2C(=O)N(Cc3ccccc3)[C@H]1[C@H]2Br. The van der Waals surface area contributed by atoms with Gasteiger partial charge in [0.25, 0.3) is 0 Å². The van der Waals surface area contributed by atoms with E-state index in [9.17, 15) is 9.59 Å². The molecular weight excluding hydrogens is 322 g/mol. The predicted molar refractivity (Wildman–Crippen MR) is 77.2 cm³/mol. The Labute approximate surface area is 126 Å². The maximum atomic E-state index is 12.4. The van der Waals surface area contributed by atoms with Crippen molar-refractivity contribution in [3.05, 3.63) is 35.9 Å². The molecule has 4 nitrogen and oxygen atoms in total. The lowest BCUT2D eigenvalue weighted by atomic mass is 10.1. The number of carbonyl (C=O) groups excluding carboxylic acids is 2. The first-order valence-electron chi connectivity index (χ1n) is 6.73. The number of piperidine rings is 1. The van der Waals surface area contributed by atoms with E-state index in [4.69, 9.17) is 4.74 Å². The van der Waals surface area contributed by atoms with Crippen molar-refractivity contribution in [1.29, 1.82) is 0 Å². The number of amides is 1. The Morgan fingerprint density at radius 1 is 1.40 bits per heavy atom. The van der Waals surface area contributed by atoms with Gasteiger partial charge < -0.3 is 9.64 Å². The van der Waals surface area contributed by atoms with Crippen LogP contribution >= 0.6 is 15.9 Å². The number of carbonyl (C=O) groups is 2. The van der Waals surface area contributed by atoms with Gasteiger partial charge >= 0.3 is 5.97 Å².